The van der Waals surface area contributed by atoms with Gasteiger partial charge in [0.1, 0.15) is 6.61 Å². The molecule has 1 N–H and O–H groups in total. The molecule has 0 aliphatic heterocycles. The van der Waals surface area contributed by atoms with E-state index in [4.69, 9.17) is 9.47 Å². The summed E-state index contributed by atoms with van der Waals surface area (Å²) in [5.41, 5.74) is 0. The summed E-state index contributed by atoms with van der Waals surface area (Å²) in [7, 11) is 0. The fourth-order valence-electron chi connectivity index (χ4n) is 8.79. The van der Waals surface area contributed by atoms with Gasteiger partial charge in [-0.25, -0.2) is 0 Å². The van der Waals surface area contributed by atoms with Crippen molar-refractivity contribution >= 4 is 11.9 Å². The molecule has 0 bridgehead atoms. The highest BCUT2D eigenvalue weighted by atomic mass is 16.6. The highest BCUT2D eigenvalue weighted by Crippen LogP contribution is 2.16. The van der Waals surface area contributed by atoms with Crippen LogP contribution in [0.5, 0.6) is 0 Å². The molecule has 0 radical (unpaired) electrons. The van der Waals surface area contributed by atoms with Gasteiger partial charge >= 0.3 is 11.9 Å². The Balaban J connectivity index is 3.55. The van der Waals surface area contributed by atoms with Gasteiger partial charge < -0.3 is 14.6 Å². The first-order valence-corrected chi connectivity index (χ1v) is 32.4. The Bertz CT molecular complexity index is 1650. The van der Waals surface area contributed by atoms with Crippen LogP contribution in [-0.4, -0.2) is 36.4 Å². The van der Waals surface area contributed by atoms with Gasteiger partial charge in [-0.1, -0.05) is 295 Å². The van der Waals surface area contributed by atoms with Crippen molar-refractivity contribution in [1.29, 1.82) is 0 Å². The average molecular weight is 1080 g/mol. The number of carbonyl (C=O) groups is 2. The Labute approximate surface area is 482 Å². The number of rotatable bonds is 58. The molecule has 0 fully saturated rings. The Morgan fingerprint density at radius 2 is 0.551 bits per heavy atom. The molecule has 1 atom stereocenters. The van der Waals surface area contributed by atoms with E-state index in [9.17, 15) is 14.7 Å². The maximum absolute atomic E-state index is 12.3. The molecule has 0 spiro atoms. The number of ether oxygens (including phenoxy) is 2. The van der Waals surface area contributed by atoms with E-state index >= 15 is 0 Å². The monoisotopic (exact) mass is 1080 g/mol. The number of allylic oxidation sites excluding steroid dienone is 24. The van der Waals surface area contributed by atoms with Crippen LogP contribution in [0, 0.1) is 0 Å². The minimum Gasteiger partial charge on any atom is -0.462 e. The van der Waals surface area contributed by atoms with Gasteiger partial charge in [-0.15, -0.1) is 0 Å². The van der Waals surface area contributed by atoms with E-state index in [2.05, 4.69) is 160 Å². The second kappa shape index (κ2) is 67.1. The average Bonchev–Trinajstić information content (AvgIpc) is 3.44. The van der Waals surface area contributed by atoms with Crippen LogP contribution in [0.1, 0.15) is 284 Å². The molecule has 1 unspecified atom stereocenters. The van der Waals surface area contributed by atoms with Crippen molar-refractivity contribution in [2.75, 3.05) is 13.2 Å². The smallest absolute Gasteiger partial charge is 0.306 e. The van der Waals surface area contributed by atoms with Crippen molar-refractivity contribution < 1.29 is 24.2 Å². The summed E-state index contributed by atoms with van der Waals surface area (Å²) >= 11 is 0. The first-order chi connectivity index (χ1) is 38.6. The third kappa shape index (κ3) is 64.3. The molecule has 5 heteroatoms. The van der Waals surface area contributed by atoms with Gasteiger partial charge in [0.2, 0.25) is 0 Å². The normalized spacial score (nSPS) is 13.2. The third-order valence-corrected chi connectivity index (χ3v) is 13.6. The van der Waals surface area contributed by atoms with Crippen molar-refractivity contribution in [3.05, 3.63) is 146 Å². The molecular formula is C73H120O5. The van der Waals surface area contributed by atoms with Crippen LogP contribution >= 0.6 is 0 Å². The largest absolute Gasteiger partial charge is 0.462 e. The highest BCUT2D eigenvalue weighted by molar-refractivity contribution is 5.70. The Kier molecular flexibility index (Phi) is 63.4. The number of hydrogen-bond acceptors (Lipinski definition) is 5. The summed E-state index contributed by atoms with van der Waals surface area (Å²) < 4.78 is 10.7. The zero-order valence-corrected chi connectivity index (χ0v) is 50.6. The minimum atomic E-state index is -0.786. The molecule has 0 aromatic carbocycles. The van der Waals surface area contributed by atoms with Crippen LogP contribution in [0.15, 0.2) is 146 Å². The van der Waals surface area contributed by atoms with Gasteiger partial charge in [0.15, 0.2) is 6.10 Å². The molecule has 5 nitrogen and oxygen atoms in total. The molecule has 0 aliphatic carbocycles. The summed E-state index contributed by atoms with van der Waals surface area (Å²) in [6.07, 6.45) is 101. The van der Waals surface area contributed by atoms with Crippen LogP contribution < -0.4 is 0 Å². The maximum Gasteiger partial charge on any atom is 0.306 e. The van der Waals surface area contributed by atoms with E-state index in [1.807, 2.05) is 0 Å². The van der Waals surface area contributed by atoms with Crippen molar-refractivity contribution in [1.82, 2.24) is 0 Å². The molecule has 0 heterocycles. The topological polar surface area (TPSA) is 72.8 Å². The molecule has 0 saturated carbocycles. The fourth-order valence-corrected chi connectivity index (χ4v) is 8.79. The number of aliphatic hydroxyl groups is 1. The van der Waals surface area contributed by atoms with Gasteiger partial charge in [0.25, 0.3) is 0 Å². The van der Waals surface area contributed by atoms with Gasteiger partial charge in [0.05, 0.1) is 6.61 Å². The number of unbranched alkanes of at least 4 members (excludes halogenated alkanes) is 26. The molecule has 0 aromatic heterocycles. The van der Waals surface area contributed by atoms with Crippen LogP contribution in [0.4, 0.5) is 0 Å². The summed E-state index contributed by atoms with van der Waals surface area (Å²) in [5.74, 6) is -0.601. The Morgan fingerprint density at radius 3 is 0.833 bits per heavy atom. The lowest BCUT2D eigenvalue weighted by Gasteiger charge is -2.15. The van der Waals surface area contributed by atoms with Gasteiger partial charge in [-0.05, 0) is 122 Å². The second-order valence-corrected chi connectivity index (χ2v) is 21.1. The fraction of sp³-hybridized carbons (Fsp3) is 0.644. The molecule has 0 saturated heterocycles. The Morgan fingerprint density at radius 1 is 0.308 bits per heavy atom. The summed E-state index contributed by atoms with van der Waals surface area (Å²) in [6, 6.07) is 0. The summed E-state index contributed by atoms with van der Waals surface area (Å²) in [4.78, 5) is 24.6. The van der Waals surface area contributed by atoms with Gasteiger partial charge in [-0.2, -0.15) is 0 Å². The number of hydrogen-bond donors (Lipinski definition) is 1. The molecule has 442 valence electrons. The van der Waals surface area contributed by atoms with Crippen molar-refractivity contribution in [3.8, 4) is 0 Å². The SMILES string of the molecule is CC/C=C\C/C=C\C/C=C\C/C=C\C/C=C\C/C=C\C/C=C\C/C=C\C/C=C\CCCCCCCCCCCCCCCC(=O)OC(CO)COC(=O)CCCCCCCCCC/C=C\C/C=C\C/C=C\CCCCCCC. The molecule has 0 amide bonds. The highest BCUT2D eigenvalue weighted by Gasteiger charge is 2.16. The first-order valence-electron chi connectivity index (χ1n) is 32.4. The minimum absolute atomic E-state index is 0.0761. The second-order valence-electron chi connectivity index (χ2n) is 21.1. The molecule has 0 rings (SSSR count). The summed E-state index contributed by atoms with van der Waals surface area (Å²) in [5, 5.41) is 9.68. The van der Waals surface area contributed by atoms with E-state index in [0.717, 1.165) is 109 Å². The van der Waals surface area contributed by atoms with Crippen LogP contribution in [-0.2, 0) is 19.1 Å². The van der Waals surface area contributed by atoms with E-state index in [1.54, 1.807) is 0 Å². The van der Waals surface area contributed by atoms with Crippen LogP contribution in [0.2, 0.25) is 0 Å². The zero-order valence-electron chi connectivity index (χ0n) is 50.6. The predicted molar refractivity (Wildman–Crippen MR) is 343 cm³/mol. The van der Waals surface area contributed by atoms with Crippen molar-refractivity contribution in [2.24, 2.45) is 0 Å². The number of carbonyl (C=O) groups excluding carboxylic acids is 2. The predicted octanol–water partition coefficient (Wildman–Crippen LogP) is 22.5. The molecular weight excluding hydrogens is 957 g/mol. The number of aliphatic hydroxyl groups excluding tert-OH is 1. The van der Waals surface area contributed by atoms with E-state index < -0.39 is 6.10 Å². The lowest BCUT2D eigenvalue weighted by molar-refractivity contribution is -0.161. The molecule has 78 heavy (non-hydrogen) atoms. The van der Waals surface area contributed by atoms with Gasteiger partial charge in [0, 0.05) is 12.8 Å². The number of esters is 2. The quantitative estimate of drug-likeness (QED) is 0.0373. The first kappa shape index (κ1) is 73.8. The lowest BCUT2D eigenvalue weighted by atomic mass is 10.0. The van der Waals surface area contributed by atoms with Gasteiger partial charge in [-0.3, -0.25) is 9.59 Å². The van der Waals surface area contributed by atoms with E-state index in [0.29, 0.717) is 12.8 Å². The van der Waals surface area contributed by atoms with Crippen molar-refractivity contribution in [3.63, 3.8) is 0 Å². The van der Waals surface area contributed by atoms with E-state index in [-0.39, 0.29) is 25.2 Å². The standard InChI is InChI=1S/C73H120O5/c1-3-5-7-9-11-13-15-17-19-21-23-25-27-28-29-30-31-32-33-34-35-36-37-38-39-40-41-42-43-44-46-48-50-52-54-56-58-60-62-64-66-68-73(76)78-71(69-74)70-77-72(75)67-65-63-61-59-57-55-53-51-49-47-45-26-24-22-20-18-16-14-12-10-8-6-4-2/h5,7,11,13,16-19,22-25,28-29,31-32,34-35,37-38,40-41,45,47,71,74H,3-4,6,8-10,12,14-15,20-21,26-27,30,33,36,39,42-44,46,48-70H2,1-2H3/b7-5-,13-11-,18-16-,19-17-,24-22-,25-23-,29-28-,32-31-,35-34-,38-37-,41-40-,47-45-. The van der Waals surface area contributed by atoms with E-state index in [1.165, 1.54) is 148 Å². The summed E-state index contributed by atoms with van der Waals surface area (Å²) in [6.45, 7) is 4.02. The maximum atomic E-state index is 12.3. The van der Waals surface area contributed by atoms with Crippen molar-refractivity contribution in [2.45, 2.75) is 290 Å². The Hall–Kier alpha value is -4.22. The molecule has 0 aliphatic rings. The third-order valence-electron chi connectivity index (χ3n) is 13.6. The van der Waals surface area contributed by atoms with Crippen LogP contribution in [0.25, 0.3) is 0 Å². The van der Waals surface area contributed by atoms with Crippen LogP contribution in [0.3, 0.4) is 0 Å². The molecule has 0 aromatic rings. The lowest BCUT2D eigenvalue weighted by Crippen LogP contribution is -2.28. The zero-order chi connectivity index (χ0) is 56.2.